The van der Waals surface area contributed by atoms with Crippen LogP contribution in [0, 0.1) is 5.92 Å². The molecule has 1 amide bonds. The molecule has 2 heterocycles. The number of carboxylic acids is 1. The van der Waals surface area contributed by atoms with Crippen molar-refractivity contribution in [3.63, 3.8) is 0 Å². The molecule has 1 fully saturated rings. The Morgan fingerprint density at radius 1 is 1.50 bits per heavy atom. The standard InChI is InChI=1S/C13H16N2O5/c1-2-15(10-7-20-6-9(10)13(18)19)12(17)8-5-14-4-3-11(8)16/h3-5,9-10H,2,6-7H2,1H3,(H,14,16)(H,18,19). The van der Waals surface area contributed by atoms with Crippen molar-refractivity contribution in [1.82, 2.24) is 9.88 Å². The Bertz CT molecular complexity index is 568. The Morgan fingerprint density at radius 2 is 2.25 bits per heavy atom. The number of likely N-dealkylation sites (N-methyl/N-ethyl adjacent to an activating group) is 1. The molecule has 7 nitrogen and oxygen atoms in total. The third-order valence-corrected chi connectivity index (χ3v) is 3.42. The summed E-state index contributed by atoms with van der Waals surface area (Å²) in [6.07, 6.45) is 2.77. The zero-order valence-corrected chi connectivity index (χ0v) is 11.0. The molecule has 1 saturated heterocycles. The zero-order chi connectivity index (χ0) is 14.7. The fourth-order valence-electron chi connectivity index (χ4n) is 2.35. The molecule has 1 aromatic rings. The lowest BCUT2D eigenvalue weighted by Gasteiger charge is -2.29. The summed E-state index contributed by atoms with van der Waals surface area (Å²) >= 11 is 0. The first-order valence-electron chi connectivity index (χ1n) is 6.35. The summed E-state index contributed by atoms with van der Waals surface area (Å²) in [5.41, 5.74) is -0.386. The van der Waals surface area contributed by atoms with Crippen LogP contribution in [0.3, 0.4) is 0 Å². The summed E-state index contributed by atoms with van der Waals surface area (Å²) < 4.78 is 5.17. The number of H-pyrrole nitrogens is 1. The average Bonchev–Trinajstić information content (AvgIpc) is 2.89. The van der Waals surface area contributed by atoms with Gasteiger partial charge in [0.2, 0.25) is 0 Å². The molecule has 0 aromatic carbocycles. The van der Waals surface area contributed by atoms with Gasteiger partial charge in [-0.3, -0.25) is 14.4 Å². The summed E-state index contributed by atoms with van der Waals surface area (Å²) in [7, 11) is 0. The highest BCUT2D eigenvalue weighted by Gasteiger charge is 2.40. The van der Waals surface area contributed by atoms with Gasteiger partial charge in [0.25, 0.3) is 5.91 Å². The minimum Gasteiger partial charge on any atom is -0.481 e. The highest BCUT2D eigenvalue weighted by molar-refractivity contribution is 5.94. The van der Waals surface area contributed by atoms with Crippen molar-refractivity contribution in [1.29, 1.82) is 0 Å². The number of nitrogens with one attached hydrogen (secondary N) is 1. The maximum Gasteiger partial charge on any atom is 0.311 e. The number of carbonyl (C=O) groups excluding carboxylic acids is 1. The molecular weight excluding hydrogens is 264 g/mol. The largest absolute Gasteiger partial charge is 0.481 e. The molecule has 0 aliphatic carbocycles. The average molecular weight is 280 g/mol. The number of carboxylic acid groups (broad SMARTS) is 1. The van der Waals surface area contributed by atoms with Gasteiger partial charge in [-0.25, -0.2) is 0 Å². The predicted octanol–water partition coefficient (Wildman–Crippen LogP) is -0.0634. The number of carbonyl (C=O) groups is 2. The van der Waals surface area contributed by atoms with Crippen LogP contribution < -0.4 is 5.43 Å². The quantitative estimate of drug-likeness (QED) is 0.804. The van der Waals surface area contributed by atoms with Crippen molar-refractivity contribution < 1.29 is 19.4 Å². The predicted molar refractivity (Wildman–Crippen MR) is 69.5 cm³/mol. The number of aromatic amines is 1. The van der Waals surface area contributed by atoms with Crippen molar-refractivity contribution in [2.24, 2.45) is 5.92 Å². The number of aliphatic carboxylic acids is 1. The lowest BCUT2D eigenvalue weighted by Crippen LogP contribution is -2.47. The topological polar surface area (TPSA) is 99.7 Å². The number of hydrogen-bond donors (Lipinski definition) is 2. The van der Waals surface area contributed by atoms with E-state index in [1.54, 1.807) is 6.92 Å². The number of pyridine rings is 1. The Labute approximate surface area is 115 Å². The van der Waals surface area contributed by atoms with E-state index in [0.717, 1.165) is 0 Å². The van der Waals surface area contributed by atoms with Gasteiger partial charge >= 0.3 is 5.97 Å². The van der Waals surface area contributed by atoms with Gasteiger partial charge in [0.05, 0.1) is 19.3 Å². The minimum atomic E-state index is -0.999. The molecule has 2 atom stereocenters. The van der Waals surface area contributed by atoms with Gasteiger partial charge < -0.3 is 19.7 Å². The maximum absolute atomic E-state index is 12.4. The van der Waals surface area contributed by atoms with Gasteiger partial charge in [-0.05, 0) is 6.92 Å². The van der Waals surface area contributed by atoms with Crippen LogP contribution in [0.1, 0.15) is 17.3 Å². The van der Waals surface area contributed by atoms with Crippen LogP contribution in [0.25, 0.3) is 0 Å². The molecular formula is C13H16N2O5. The number of rotatable bonds is 4. The highest BCUT2D eigenvalue weighted by Crippen LogP contribution is 2.21. The van der Waals surface area contributed by atoms with E-state index >= 15 is 0 Å². The molecule has 2 rings (SSSR count). The summed E-state index contributed by atoms with van der Waals surface area (Å²) in [6, 6.07) is 0.713. The molecule has 2 unspecified atom stereocenters. The number of ether oxygens (including phenoxy) is 1. The number of aromatic nitrogens is 1. The molecule has 0 bridgehead atoms. The normalized spacial score (nSPS) is 21.6. The third kappa shape index (κ3) is 2.57. The van der Waals surface area contributed by atoms with Crippen molar-refractivity contribution in [2.45, 2.75) is 13.0 Å². The van der Waals surface area contributed by atoms with Gasteiger partial charge in [0.15, 0.2) is 5.43 Å². The van der Waals surface area contributed by atoms with E-state index in [0.29, 0.717) is 6.54 Å². The summed E-state index contributed by atoms with van der Waals surface area (Å²) in [6.45, 7) is 2.30. The summed E-state index contributed by atoms with van der Waals surface area (Å²) in [4.78, 5) is 39.4. The Hall–Kier alpha value is -2.15. The lowest BCUT2D eigenvalue weighted by atomic mass is 10.0. The molecule has 2 N–H and O–H groups in total. The maximum atomic E-state index is 12.4. The van der Waals surface area contributed by atoms with Gasteiger partial charge in [-0.2, -0.15) is 0 Å². The van der Waals surface area contributed by atoms with E-state index in [4.69, 9.17) is 9.84 Å². The van der Waals surface area contributed by atoms with Crippen LogP contribution in [0.4, 0.5) is 0 Å². The van der Waals surface area contributed by atoms with Crippen LogP contribution in [-0.4, -0.2) is 52.7 Å². The number of nitrogens with zero attached hydrogens (tertiary/aromatic N) is 1. The number of hydrogen-bond acceptors (Lipinski definition) is 4. The molecule has 108 valence electrons. The first-order valence-corrected chi connectivity index (χ1v) is 6.35. The molecule has 0 spiro atoms. The molecule has 20 heavy (non-hydrogen) atoms. The lowest BCUT2D eigenvalue weighted by molar-refractivity contribution is -0.142. The van der Waals surface area contributed by atoms with Crippen LogP contribution >= 0.6 is 0 Å². The second-order valence-electron chi connectivity index (χ2n) is 4.56. The van der Waals surface area contributed by atoms with Crippen LogP contribution in [0.2, 0.25) is 0 Å². The molecule has 0 radical (unpaired) electrons. The van der Waals surface area contributed by atoms with Gasteiger partial charge in [0.1, 0.15) is 11.5 Å². The highest BCUT2D eigenvalue weighted by atomic mass is 16.5. The van der Waals surface area contributed by atoms with E-state index in [2.05, 4.69) is 4.98 Å². The first-order chi connectivity index (χ1) is 9.56. The van der Waals surface area contributed by atoms with Crippen molar-refractivity contribution in [3.8, 4) is 0 Å². The molecule has 7 heteroatoms. The monoisotopic (exact) mass is 280 g/mol. The van der Waals surface area contributed by atoms with Crippen molar-refractivity contribution in [2.75, 3.05) is 19.8 Å². The molecule has 1 aromatic heterocycles. The SMILES string of the molecule is CCN(C(=O)c1c[nH]ccc1=O)C1COCC1C(=O)O. The van der Waals surface area contributed by atoms with E-state index in [-0.39, 0.29) is 18.8 Å². The molecule has 1 aliphatic heterocycles. The van der Waals surface area contributed by atoms with Crippen molar-refractivity contribution in [3.05, 3.63) is 34.2 Å². The van der Waals surface area contributed by atoms with Crippen LogP contribution in [0.5, 0.6) is 0 Å². The van der Waals surface area contributed by atoms with E-state index < -0.39 is 29.3 Å². The van der Waals surface area contributed by atoms with E-state index in [1.807, 2.05) is 0 Å². The minimum absolute atomic E-state index is 0.00499. The summed E-state index contributed by atoms with van der Waals surface area (Å²) in [5, 5.41) is 9.15. The fraction of sp³-hybridized carbons (Fsp3) is 0.462. The summed E-state index contributed by atoms with van der Waals surface area (Å²) in [5.74, 6) is -2.24. The smallest absolute Gasteiger partial charge is 0.311 e. The van der Waals surface area contributed by atoms with Crippen LogP contribution in [-0.2, 0) is 9.53 Å². The van der Waals surface area contributed by atoms with Crippen LogP contribution in [0.15, 0.2) is 23.3 Å². The molecule has 0 saturated carbocycles. The van der Waals surface area contributed by atoms with Gasteiger partial charge in [-0.1, -0.05) is 0 Å². The van der Waals surface area contributed by atoms with Crippen molar-refractivity contribution >= 4 is 11.9 Å². The Morgan fingerprint density at radius 3 is 2.85 bits per heavy atom. The van der Waals surface area contributed by atoms with E-state index in [9.17, 15) is 14.4 Å². The first kappa shape index (κ1) is 14.3. The van der Waals surface area contributed by atoms with Gasteiger partial charge in [0, 0.05) is 25.0 Å². The second-order valence-corrected chi connectivity index (χ2v) is 4.56. The zero-order valence-electron chi connectivity index (χ0n) is 11.0. The van der Waals surface area contributed by atoms with E-state index in [1.165, 1.54) is 23.4 Å². The second kappa shape index (κ2) is 5.87. The Kier molecular flexibility index (Phi) is 4.19. The van der Waals surface area contributed by atoms with Gasteiger partial charge in [-0.15, -0.1) is 0 Å². The number of amides is 1. The Balaban J connectivity index is 2.29. The molecule has 1 aliphatic rings. The third-order valence-electron chi connectivity index (χ3n) is 3.42. The fourth-order valence-corrected chi connectivity index (χ4v) is 2.35.